The van der Waals surface area contributed by atoms with Crippen LogP contribution in [0.2, 0.25) is 0 Å². The van der Waals surface area contributed by atoms with Crippen molar-refractivity contribution in [1.29, 1.82) is 0 Å². The Morgan fingerprint density at radius 1 is 0.323 bits per heavy atom. The summed E-state index contributed by atoms with van der Waals surface area (Å²) in [4.78, 5) is 0. The van der Waals surface area contributed by atoms with Crippen molar-refractivity contribution in [3.8, 4) is 33.4 Å². The zero-order valence-electron chi connectivity index (χ0n) is 35.7. The van der Waals surface area contributed by atoms with E-state index >= 15 is 0 Å². The second-order valence-corrected chi connectivity index (χ2v) is 17.4. The molecule has 0 N–H and O–H groups in total. The van der Waals surface area contributed by atoms with Crippen LogP contribution in [0, 0.1) is 0 Å². The van der Waals surface area contributed by atoms with Crippen molar-refractivity contribution < 1.29 is 4.42 Å². The molecule has 1 aliphatic carbocycles. The van der Waals surface area contributed by atoms with Gasteiger partial charge in [-0.3, -0.25) is 0 Å². The maximum atomic E-state index is 6.97. The van der Waals surface area contributed by atoms with Crippen LogP contribution < -0.4 is 0 Å². The second-order valence-electron chi connectivity index (χ2n) is 17.4. The van der Waals surface area contributed by atoms with Crippen molar-refractivity contribution in [1.82, 2.24) is 0 Å². The molecule has 11 aromatic carbocycles. The van der Waals surface area contributed by atoms with Crippen LogP contribution in [0.15, 0.2) is 253 Å². The minimum absolute atomic E-state index is 0.206. The molecule has 0 fully saturated rings. The molecule has 0 saturated heterocycles. The Bertz CT molecular complexity index is 3700. The van der Waals surface area contributed by atoms with E-state index in [1.165, 1.54) is 88.3 Å². The fourth-order valence-electron chi connectivity index (χ4n) is 11.4. The SMILES string of the molecule is c1ccc(-c2ccc(-c3c(C(c4ccc(C5(c6ccccc6)c6ccccc6-c6ccccc65)cc4)c4cccc5c4oc4ccccc45)c4ccccc4c4ccccc34)cc2)cc1. The highest BCUT2D eigenvalue weighted by Crippen LogP contribution is 2.57. The van der Waals surface area contributed by atoms with Crippen LogP contribution >= 0.6 is 0 Å². The summed E-state index contributed by atoms with van der Waals surface area (Å²) < 4.78 is 6.97. The standard InChI is InChI=1S/C64H42O/c1-3-18-42(19-4-1)43-34-36-44(37-35-43)60-53-27-9-7-22-48(53)49-23-8-10-28-54(49)62(60)61(56-30-17-29-55-52-26-13-16-33-59(52)65-63(55)56)45-38-40-47(41-39-45)64(46-20-5-2-6-21-46)57-31-14-11-24-50(57)51-25-12-15-32-58(51)64/h1-41,61H. The van der Waals surface area contributed by atoms with Crippen LogP contribution in [0.25, 0.3) is 76.9 Å². The number of para-hydroxylation sites is 2. The van der Waals surface area contributed by atoms with Gasteiger partial charge >= 0.3 is 0 Å². The first-order valence-corrected chi connectivity index (χ1v) is 22.6. The summed E-state index contributed by atoms with van der Waals surface area (Å²) in [5, 5.41) is 7.20. The first-order chi connectivity index (χ1) is 32.3. The highest BCUT2D eigenvalue weighted by molar-refractivity contribution is 6.17. The summed E-state index contributed by atoms with van der Waals surface area (Å²) in [6.07, 6.45) is 0. The first kappa shape index (κ1) is 37.3. The molecule has 12 aromatic rings. The van der Waals surface area contributed by atoms with Crippen LogP contribution in [0.5, 0.6) is 0 Å². The van der Waals surface area contributed by atoms with Crippen molar-refractivity contribution >= 4 is 43.5 Å². The monoisotopic (exact) mass is 826 g/mol. The predicted octanol–water partition coefficient (Wildman–Crippen LogP) is 16.8. The van der Waals surface area contributed by atoms with E-state index in [2.05, 4.69) is 249 Å². The molecule has 1 aromatic heterocycles. The Hall–Kier alpha value is -8.26. The van der Waals surface area contributed by atoms with E-state index < -0.39 is 5.41 Å². The Labute approximate surface area is 378 Å². The lowest BCUT2D eigenvalue weighted by atomic mass is 9.67. The van der Waals surface area contributed by atoms with E-state index in [1.807, 2.05) is 0 Å². The normalized spacial score (nSPS) is 13.3. The van der Waals surface area contributed by atoms with E-state index in [4.69, 9.17) is 4.42 Å². The minimum atomic E-state index is -0.497. The van der Waals surface area contributed by atoms with Crippen molar-refractivity contribution in [2.45, 2.75) is 11.3 Å². The Morgan fingerprint density at radius 2 is 0.815 bits per heavy atom. The molecule has 0 saturated carbocycles. The molecular formula is C64H42O. The lowest BCUT2D eigenvalue weighted by molar-refractivity contribution is 0.661. The van der Waals surface area contributed by atoms with Crippen LogP contribution in [0.4, 0.5) is 0 Å². The molecule has 0 radical (unpaired) electrons. The second kappa shape index (κ2) is 14.9. The molecule has 1 heteroatoms. The number of hydrogen-bond donors (Lipinski definition) is 0. The molecule has 1 nitrogen and oxygen atoms in total. The Kier molecular flexibility index (Phi) is 8.57. The van der Waals surface area contributed by atoms with Gasteiger partial charge in [-0.2, -0.15) is 0 Å². The summed E-state index contributed by atoms with van der Waals surface area (Å²) >= 11 is 0. The molecule has 0 bridgehead atoms. The van der Waals surface area contributed by atoms with Crippen molar-refractivity contribution in [2.24, 2.45) is 0 Å². The Balaban J connectivity index is 1.11. The average molecular weight is 827 g/mol. The van der Waals surface area contributed by atoms with Gasteiger partial charge in [0.25, 0.3) is 0 Å². The highest BCUT2D eigenvalue weighted by Gasteiger charge is 2.46. The van der Waals surface area contributed by atoms with Gasteiger partial charge in [-0.05, 0) is 94.4 Å². The zero-order valence-corrected chi connectivity index (χ0v) is 35.7. The van der Waals surface area contributed by atoms with Crippen molar-refractivity contribution in [3.05, 3.63) is 288 Å². The summed E-state index contributed by atoms with van der Waals surface area (Å²) in [6.45, 7) is 0. The molecule has 1 atom stereocenters. The van der Waals surface area contributed by atoms with Crippen LogP contribution in [0.3, 0.4) is 0 Å². The predicted molar refractivity (Wildman–Crippen MR) is 271 cm³/mol. The van der Waals surface area contributed by atoms with Crippen LogP contribution in [-0.2, 0) is 5.41 Å². The molecule has 1 unspecified atom stereocenters. The maximum absolute atomic E-state index is 6.97. The largest absolute Gasteiger partial charge is 0.456 e. The number of fused-ring (bicyclic) bond motifs is 9. The molecular weight excluding hydrogens is 785 g/mol. The fourth-order valence-corrected chi connectivity index (χ4v) is 11.4. The van der Waals surface area contributed by atoms with E-state index in [-0.39, 0.29) is 5.92 Å². The molecule has 304 valence electrons. The van der Waals surface area contributed by atoms with E-state index in [9.17, 15) is 0 Å². The molecule has 1 aliphatic rings. The third-order valence-corrected chi connectivity index (χ3v) is 14.1. The van der Waals surface area contributed by atoms with Crippen molar-refractivity contribution in [2.75, 3.05) is 0 Å². The smallest absolute Gasteiger partial charge is 0.139 e. The highest BCUT2D eigenvalue weighted by atomic mass is 16.3. The summed E-state index contributed by atoms with van der Waals surface area (Å²) in [5.74, 6) is -0.206. The van der Waals surface area contributed by atoms with Gasteiger partial charge in [-0.15, -0.1) is 0 Å². The molecule has 65 heavy (non-hydrogen) atoms. The van der Waals surface area contributed by atoms with E-state index in [0.717, 1.165) is 27.5 Å². The van der Waals surface area contributed by atoms with Gasteiger partial charge < -0.3 is 4.42 Å². The topological polar surface area (TPSA) is 13.1 Å². The quantitative estimate of drug-likeness (QED) is 0.115. The lowest BCUT2D eigenvalue weighted by Gasteiger charge is -2.34. The Morgan fingerprint density at radius 3 is 1.51 bits per heavy atom. The molecule has 0 aliphatic heterocycles. The average Bonchev–Trinajstić information content (AvgIpc) is 3.92. The molecule has 13 rings (SSSR count). The number of furan rings is 1. The summed E-state index contributed by atoms with van der Waals surface area (Å²) in [6, 6.07) is 91.7. The minimum Gasteiger partial charge on any atom is -0.456 e. The van der Waals surface area contributed by atoms with Gasteiger partial charge in [0.05, 0.1) is 5.41 Å². The third-order valence-electron chi connectivity index (χ3n) is 14.1. The number of rotatable bonds is 7. The van der Waals surface area contributed by atoms with Gasteiger partial charge in [0.15, 0.2) is 0 Å². The van der Waals surface area contributed by atoms with Crippen LogP contribution in [-0.4, -0.2) is 0 Å². The molecule has 0 amide bonds. The maximum Gasteiger partial charge on any atom is 0.139 e. The third kappa shape index (κ3) is 5.65. The first-order valence-electron chi connectivity index (χ1n) is 22.6. The van der Waals surface area contributed by atoms with E-state index in [1.54, 1.807) is 0 Å². The van der Waals surface area contributed by atoms with E-state index in [0.29, 0.717) is 0 Å². The van der Waals surface area contributed by atoms with Gasteiger partial charge in [0.2, 0.25) is 0 Å². The fraction of sp³-hybridized carbons (Fsp3) is 0.0312. The van der Waals surface area contributed by atoms with Gasteiger partial charge in [-0.1, -0.05) is 243 Å². The van der Waals surface area contributed by atoms with Crippen LogP contribution in [0.1, 0.15) is 44.9 Å². The molecule has 0 spiro atoms. The van der Waals surface area contributed by atoms with Crippen molar-refractivity contribution in [3.63, 3.8) is 0 Å². The zero-order chi connectivity index (χ0) is 42.9. The number of hydrogen-bond acceptors (Lipinski definition) is 1. The van der Waals surface area contributed by atoms with Gasteiger partial charge in [0.1, 0.15) is 11.2 Å². The van der Waals surface area contributed by atoms with Gasteiger partial charge in [-0.25, -0.2) is 0 Å². The number of benzene rings is 11. The summed E-state index contributed by atoms with van der Waals surface area (Å²) in [7, 11) is 0. The van der Waals surface area contributed by atoms with Gasteiger partial charge in [0, 0.05) is 22.3 Å². The molecule has 1 heterocycles. The lowest BCUT2D eigenvalue weighted by Crippen LogP contribution is -2.28. The summed E-state index contributed by atoms with van der Waals surface area (Å²) in [5.41, 5.74) is 17.4.